The first-order chi connectivity index (χ1) is 18.9. The van der Waals surface area contributed by atoms with Gasteiger partial charge in [0.2, 0.25) is 5.89 Å². The van der Waals surface area contributed by atoms with Gasteiger partial charge in [-0.15, -0.1) is 0 Å². The van der Waals surface area contributed by atoms with Crippen molar-refractivity contribution in [3.63, 3.8) is 0 Å². The molecule has 2 bridgehead atoms. The minimum absolute atomic E-state index is 0.0915. The predicted molar refractivity (Wildman–Crippen MR) is 146 cm³/mol. The Bertz CT molecular complexity index is 1540. The normalized spacial score (nSPS) is 24.5. The number of aromatic carboxylic acids is 1. The molecular formula is C30H28Cl2N2O5. The van der Waals surface area contributed by atoms with Gasteiger partial charge in [0.05, 0.1) is 28.8 Å². The summed E-state index contributed by atoms with van der Waals surface area (Å²) in [5.41, 5.74) is 3.83. The summed E-state index contributed by atoms with van der Waals surface area (Å²) in [6.45, 7) is 1.08. The third-order valence-electron chi connectivity index (χ3n) is 9.11. The van der Waals surface area contributed by atoms with Gasteiger partial charge in [-0.05, 0) is 87.1 Å². The van der Waals surface area contributed by atoms with E-state index in [0.717, 1.165) is 68.6 Å². The van der Waals surface area contributed by atoms with Gasteiger partial charge in [-0.1, -0.05) is 34.4 Å². The Morgan fingerprint density at radius 2 is 1.77 bits per heavy atom. The van der Waals surface area contributed by atoms with E-state index < -0.39 is 5.97 Å². The molecule has 4 aliphatic rings. The maximum absolute atomic E-state index is 11.4. The number of halogens is 2. The maximum atomic E-state index is 11.4. The van der Waals surface area contributed by atoms with Gasteiger partial charge >= 0.3 is 5.97 Å². The summed E-state index contributed by atoms with van der Waals surface area (Å²) < 4.78 is 18.4. The van der Waals surface area contributed by atoms with Crippen molar-refractivity contribution in [2.24, 2.45) is 5.41 Å². The van der Waals surface area contributed by atoms with Gasteiger partial charge in [-0.3, -0.25) is 0 Å². The molecule has 0 saturated heterocycles. The zero-order valence-electron chi connectivity index (χ0n) is 21.3. The molecule has 1 N–H and O–H groups in total. The van der Waals surface area contributed by atoms with Gasteiger partial charge in [0.25, 0.3) is 0 Å². The fraction of sp³-hybridized carbons (Fsp3) is 0.433. The zero-order valence-corrected chi connectivity index (χ0v) is 22.9. The van der Waals surface area contributed by atoms with E-state index >= 15 is 0 Å². The van der Waals surface area contributed by atoms with Gasteiger partial charge in [-0.25, -0.2) is 9.78 Å². The Morgan fingerprint density at radius 1 is 1.05 bits per heavy atom. The molecule has 2 aromatic heterocycles. The second kappa shape index (κ2) is 9.36. The van der Waals surface area contributed by atoms with Crippen molar-refractivity contribution in [1.29, 1.82) is 0 Å². The van der Waals surface area contributed by atoms with Crippen LogP contribution in [-0.2, 0) is 16.8 Å². The van der Waals surface area contributed by atoms with Crippen molar-refractivity contribution in [3.8, 4) is 11.3 Å². The van der Waals surface area contributed by atoms with Crippen molar-refractivity contribution in [3.05, 3.63) is 69.2 Å². The van der Waals surface area contributed by atoms with Gasteiger partial charge in [0, 0.05) is 22.5 Å². The number of oxazole rings is 1. The molecule has 0 spiro atoms. The number of ether oxygens (including phenoxy) is 1. The molecule has 4 saturated carbocycles. The van der Waals surface area contributed by atoms with Crippen LogP contribution in [0.5, 0.6) is 0 Å². The number of benzene rings is 2. The molecule has 4 fully saturated rings. The standard InChI is InChI=1S/C30H28Cl2N2O5/c31-20-2-1-3-21(32)24(20)25-19(26(39-34-25)17-4-5-17)15-37-16-29-8-11-30(12-9-29,13-10-29)28-33-22-7-6-18(27(35)36)14-23(22)38-28/h1-3,6-7,14,17H,4-5,8-13,15-16H2,(H,35,36). The van der Waals surface area contributed by atoms with Crippen LogP contribution in [0.3, 0.4) is 0 Å². The maximum Gasteiger partial charge on any atom is 0.335 e. The van der Waals surface area contributed by atoms with Gasteiger partial charge in [-0.2, -0.15) is 0 Å². The molecule has 0 amide bonds. The first-order valence-electron chi connectivity index (χ1n) is 13.5. The monoisotopic (exact) mass is 566 g/mol. The van der Waals surface area contributed by atoms with Crippen LogP contribution < -0.4 is 0 Å². The molecule has 39 heavy (non-hydrogen) atoms. The van der Waals surface area contributed by atoms with Crippen LogP contribution in [0, 0.1) is 5.41 Å². The van der Waals surface area contributed by atoms with E-state index in [1.54, 1.807) is 18.2 Å². The number of aromatic nitrogens is 2. The lowest BCUT2D eigenvalue weighted by Crippen LogP contribution is -2.46. The highest BCUT2D eigenvalue weighted by atomic mass is 35.5. The quantitative estimate of drug-likeness (QED) is 0.229. The van der Waals surface area contributed by atoms with E-state index in [4.69, 9.17) is 41.9 Å². The van der Waals surface area contributed by atoms with Crippen LogP contribution in [0.25, 0.3) is 22.4 Å². The Balaban J connectivity index is 1.06. The van der Waals surface area contributed by atoms with Gasteiger partial charge in [0.1, 0.15) is 17.0 Å². The summed E-state index contributed by atoms with van der Waals surface area (Å²) in [6.07, 6.45) is 8.24. The van der Waals surface area contributed by atoms with E-state index in [0.29, 0.717) is 51.5 Å². The second-order valence-corrected chi connectivity index (χ2v) is 12.3. The zero-order chi connectivity index (χ0) is 26.8. The van der Waals surface area contributed by atoms with Crippen molar-refractivity contribution in [2.45, 2.75) is 69.3 Å². The Labute approximate surface area is 235 Å². The molecule has 0 atom stereocenters. The van der Waals surface area contributed by atoms with Crippen LogP contribution in [0.1, 0.15) is 84.9 Å². The van der Waals surface area contributed by atoms with Gasteiger partial charge in [0.15, 0.2) is 5.58 Å². The lowest BCUT2D eigenvalue weighted by Gasteiger charge is -2.51. The van der Waals surface area contributed by atoms with Crippen molar-refractivity contribution in [2.75, 3.05) is 6.61 Å². The first kappa shape index (κ1) is 25.1. The third-order valence-corrected chi connectivity index (χ3v) is 9.74. The topological polar surface area (TPSA) is 98.6 Å². The highest BCUT2D eigenvalue weighted by molar-refractivity contribution is 6.39. The smallest absolute Gasteiger partial charge is 0.335 e. The molecule has 2 heterocycles. The summed E-state index contributed by atoms with van der Waals surface area (Å²) in [7, 11) is 0. The molecule has 8 rings (SSSR count). The molecule has 0 radical (unpaired) electrons. The van der Waals surface area contributed by atoms with Crippen LogP contribution >= 0.6 is 23.2 Å². The van der Waals surface area contributed by atoms with Crippen LogP contribution in [0.15, 0.2) is 45.3 Å². The van der Waals surface area contributed by atoms with Crippen LogP contribution in [-0.4, -0.2) is 27.8 Å². The van der Waals surface area contributed by atoms with Crippen LogP contribution in [0.2, 0.25) is 10.0 Å². The van der Waals surface area contributed by atoms with Crippen molar-refractivity contribution >= 4 is 40.3 Å². The second-order valence-electron chi connectivity index (χ2n) is 11.5. The van der Waals surface area contributed by atoms with E-state index in [-0.39, 0.29) is 16.4 Å². The molecule has 202 valence electrons. The summed E-state index contributed by atoms with van der Waals surface area (Å²) in [5, 5.41) is 14.8. The molecule has 9 heteroatoms. The number of carboxylic acid groups (broad SMARTS) is 1. The number of rotatable bonds is 8. The average molecular weight is 567 g/mol. The van der Waals surface area contributed by atoms with E-state index in [9.17, 15) is 9.90 Å². The number of nitrogens with zero attached hydrogens (tertiary/aromatic N) is 2. The third kappa shape index (κ3) is 4.35. The van der Waals surface area contributed by atoms with E-state index in [2.05, 4.69) is 5.16 Å². The summed E-state index contributed by atoms with van der Waals surface area (Å²) in [5.74, 6) is 1.06. The fourth-order valence-corrected chi connectivity index (χ4v) is 7.08. The number of hydrogen-bond acceptors (Lipinski definition) is 6. The summed E-state index contributed by atoms with van der Waals surface area (Å²) in [6, 6.07) is 10.3. The van der Waals surface area contributed by atoms with Crippen LogP contribution in [0.4, 0.5) is 0 Å². The lowest BCUT2D eigenvalue weighted by molar-refractivity contribution is -0.0486. The lowest BCUT2D eigenvalue weighted by atomic mass is 9.54. The highest BCUT2D eigenvalue weighted by Crippen LogP contribution is 2.58. The SMILES string of the molecule is O=C(O)c1ccc2nc(C34CCC(COCc5c(-c6c(Cl)cccc6Cl)noc5C5CC5)(CC3)CC4)oc2c1. The number of fused-ring (bicyclic) bond motifs is 4. The summed E-state index contributed by atoms with van der Waals surface area (Å²) >= 11 is 13.0. The number of hydrogen-bond donors (Lipinski definition) is 1. The van der Waals surface area contributed by atoms with E-state index in [1.165, 1.54) is 0 Å². The molecule has 2 aromatic carbocycles. The highest BCUT2D eigenvalue weighted by Gasteiger charge is 2.52. The van der Waals surface area contributed by atoms with E-state index in [1.807, 2.05) is 18.2 Å². The fourth-order valence-electron chi connectivity index (χ4n) is 6.50. The largest absolute Gasteiger partial charge is 0.478 e. The molecule has 0 aliphatic heterocycles. The van der Waals surface area contributed by atoms with Crippen molar-refractivity contribution in [1.82, 2.24) is 10.1 Å². The first-order valence-corrected chi connectivity index (χ1v) is 14.3. The Morgan fingerprint density at radius 3 is 2.44 bits per heavy atom. The Kier molecular flexibility index (Phi) is 6.03. The minimum atomic E-state index is -0.967. The molecule has 0 unspecified atom stereocenters. The minimum Gasteiger partial charge on any atom is -0.478 e. The Hall–Kier alpha value is -2.87. The van der Waals surface area contributed by atoms with Gasteiger partial charge < -0.3 is 18.8 Å². The average Bonchev–Trinajstić information content (AvgIpc) is 3.55. The molecule has 4 aliphatic carbocycles. The molecule has 7 nitrogen and oxygen atoms in total. The molecule has 4 aromatic rings. The van der Waals surface area contributed by atoms with Crippen molar-refractivity contribution < 1.29 is 23.6 Å². The number of carboxylic acids is 1. The number of carbonyl (C=O) groups is 1. The predicted octanol–water partition coefficient (Wildman–Crippen LogP) is 8.17. The molecular weight excluding hydrogens is 539 g/mol. The summed E-state index contributed by atoms with van der Waals surface area (Å²) in [4.78, 5) is 16.1.